The van der Waals surface area contributed by atoms with Gasteiger partial charge in [0.25, 0.3) is 0 Å². The number of hydrogen-bond acceptors (Lipinski definition) is 3. The average molecular weight is 231 g/mol. The second-order valence-electron chi connectivity index (χ2n) is 4.39. The van der Waals surface area contributed by atoms with E-state index in [1.54, 1.807) is 7.11 Å². The van der Waals surface area contributed by atoms with E-state index in [1.165, 1.54) is 6.42 Å². The second-order valence-corrected chi connectivity index (χ2v) is 4.39. The summed E-state index contributed by atoms with van der Waals surface area (Å²) in [6.07, 6.45) is 3.35. The summed E-state index contributed by atoms with van der Waals surface area (Å²) in [5, 5.41) is 3.56. The van der Waals surface area contributed by atoms with Gasteiger partial charge in [0, 0.05) is 26.4 Å². The van der Waals surface area contributed by atoms with Crippen molar-refractivity contribution in [3.63, 3.8) is 0 Å². The molecule has 0 rings (SSSR count). The van der Waals surface area contributed by atoms with E-state index < -0.39 is 0 Å². The Bertz CT molecular complexity index is 142. The molecule has 0 saturated carbocycles. The molecule has 0 aromatic carbocycles. The fraction of sp³-hybridized carbons (Fsp3) is 1.00. The molecule has 0 aromatic rings. The molecule has 3 heteroatoms. The SMILES string of the molecule is CCCNC(COCCC)C(C)CCOC. The molecule has 0 fully saturated rings. The Labute approximate surface area is 101 Å². The first-order chi connectivity index (χ1) is 7.76. The van der Waals surface area contributed by atoms with Crippen molar-refractivity contribution in [1.82, 2.24) is 5.32 Å². The van der Waals surface area contributed by atoms with Crippen molar-refractivity contribution < 1.29 is 9.47 Å². The van der Waals surface area contributed by atoms with E-state index in [0.717, 1.165) is 39.2 Å². The molecule has 3 nitrogen and oxygen atoms in total. The van der Waals surface area contributed by atoms with Gasteiger partial charge in [0.15, 0.2) is 0 Å². The third kappa shape index (κ3) is 8.08. The highest BCUT2D eigenvalue weighted by Gasteiger charge is 2.16. The van der Waals surface area contributed by atoms with E-state index in [0.29, 0.717) is 12.0 Å². The minimum atomic E-state index is 0.460. The van der Waals surface area contributed by atoms with E-state index in [2.05, 4.69) is 26.1 Å². The normalized spacial score (nSPS) is 15.0. The lowest BCUT2D eigenvalue weighted by Gasteiger charge is -2.25. The highest BCUT2D eigenvalue weighted by atomic mass is 16.5. The van der Waals surface area contributed by atoms with Crippen LogP contribution in [-0.4, -0.2) is 39.5 Å². The number of ether oxygens (including phenoxy) is 2. The van der Waals surface area contributed by atoms with Crippen molar-refractivity contribution in [2.75, 3.05) is 33.5 Å². The fourth-order valence-electron chi connectivity index (χ4n) is 1.61. The monoisotopic (exact) mass is 231 g/mol. The van der Waals surface area contributed by atoms with Crippen LogP contribution in [0, 0.1) is 5.92 Å². The van der Waals surface area contributed by atoms with E-state index in [-0.39, 0.29) is 0 Å². The van der Waals surface area contributed by atoms with Crippen molar-refractivity contribution >= 4 is 0 Å². The molecule has 1 N–H and O–H groups in total. The highest BCUT2D eigenvalue weighted by Crippen LogP contribution is 2.09. The van der Waals surface area contributed by atoms with Crippen LogP contribution in [0.2, 0.25) is 0 Å². The van der Waals surface area contributed by atoms with E-state index in [1.807, 2.05) is 0 Å². The smallest absolute Gasteiger partial charge is 0.0622 e. The van der Waals surface area contributed by atoms with Crippen LogP contribution in [0.5, 0.6) is 0 Å². The molecule has 0 aliphatic carbocycles. The van der Waals surface area contributed by atoms with E-state index >= 15 is 0 Å². The van der Waals surface area contributed by atoms with Gasteiger partial charge in [0.1, 0.15) is 0 Å². The van der Waals surface area contributed by atoms with Gasteiger partial charge in [-0.1, -0.05) is 20.8 Å². The van der Waals surface area contributed by atoms with E-state index in [4.69, 9.17) is 9.47 Å². The largest absolute Gasteiger partial charge is 0.385 e. The molecule has 2 unspecified atom stereocenters. The van der Waals surface area contributed by atoms with Crippen LogP contribution in [0.25, 0.3) is 0 Å². The summed E-state index contributed by atoms with van der Waals surface area (Å²) >= 11 is 0. The molecule has 0 radical (unpaired) electrons. The lowest BCUT2D eigenvalue weighted by atomic mass is 9.99. The third-order valence-corrected chi connectivity index (χ3v) is 2.77. The summed E-state index contributed by atoms with van der Waals surface area (Å²) in [6, 6.07) is 0.460. The zero-order valence-corrected chi connectivity index (χ0v) is 11.4. The predicted octanol–water partition coefficient (Wildman–Crippen LogP) is 2.45. The van der Waals surface area contributed by atoms with Gasteiger partial charge in [0.2, 0.25) is 0 Å². The minimum absolute atomic E-state index is 0.460. The lowest BCUT2D eigenvalue weighted by Crippen LogP contribution is -2.40. The lowest BCUT2D eigenvalue weighted by molar-refractivity contribution is 0.0864. The maximum absolute atomic E-state index is 5.64. The summed E-state index contributed by atoms with van der Waals surface area (Å²) in [5.41, 5.74) is 0. The molecule has 2 atom stereocenters. The van der Waals surface area contributed by atoms with E-state index in [9.17, 15) is 0 Å². The maximum Gasteiger partial charge on any atom is 0.0622 e. The Morgan fingerprint density at radius 3 is 2.44 bits per heavy atom. The zero-order valence-electron chi connectivity index (χ0n) is 11.4. The molecule has 0 bridgehead atoms. The standard InChI is InChI=1S/C13H29NO2/c1-5-8-14-13(11-16-9-6-2)12(3)7-10-15-4/h12-14H,5-11H2,1-4H3. The Morgan fingerprint density at radius 1 is 1.12 bits per heavy atom. The molecular formula is C13H29NO2. The Hall–Kier alpha value is -0.120. The quantitative estimate of drug-likeness (QED) is 0.554. The van der Waals surface area contributed by atoms with Crippen LogP contribution >= 0.6 is 0 Å². The predicted molar refractivity (Wildman–Crippen MR) is 68.8 cm³/mol. The van der Waals surface area contributed by atoms with Crippen molar-refractivity contribution in [2.45, 2.75) is 46.1 Å². The summed E-state index contributed by atoms with van der Waals surface area (Å²) in [5.74, 6) is 0.600. The molecule has 0 heterocycles. The minimum Gasteiger partial charge on any atom is -0.385 e. The van der Waals surface area contributed by atoms with Gasteiger partial charge >= 0.3 is 0 Å². The first-order valence-electron chi connectivity index (χ1n) is 6.56. The Balaban J connectivity index is 3.86. The van der Waals surface area contributed by atoms with Crippen molar-refractivity contribution in [2.24, 2.45) is 5.92 Å². The van der Waals surface area contributed by atoms with Gasteiger partial charge < -0.3 is 14.8 Å². The molecule has 0 saturated heterocycles. The van der Waals surface area contributed by atoms with Crippen molar-refractivity contribution in [3.8, 4) is 0 Å². The molecule has 16 heavy (non-hydrogen) atoms. The van der Waals surface area contributed by atoms with Crippen LogP contribution in [0.15, 0.2) is 0 Å². The van der Waals surface area contributed by atoms with Crippen LogP contribution in [0.3, 0.4) is 0 Å². The Morgan fingerprint density at radius 2 is 1.88 bits per heavy atom. The van der Waals surface area contributed by atoms with Crippen LogP contribution in [-0.2, 0) is 9.47 Å². The first kappa shape index (κ1) is 15.9. The van der Waals surface area contributed by atoms with Crippen molar-refractivity contribution in [1.29, 1.82) is 0 Å². The maximum atomic E-state index is 5.64. The summed E-state index contributed by atoms with van der Waals surface area (Å²) in [4.78, 5) is 0. The summed E-state index contributed by atoms with van der Waals surface area (Å²) in [6.45, 7) is 10.2. The van der Waals surface area contributed by atoms with Crippen LogP contribution in [0.1, 0.15) is 40.0 Å². The molecule has 0 aliphatic heterocycles. The number of hydrogen-bond donors (Lipinski definition) is 1. The summed E-state index contributed by atoms with van der Waals surface area (Å²) < 4.78 is 10.8. The van der Waals surface area contributed by atoms with Crippen LogP contribution in [0.4, 0.5) is 0 Å². The zero-order chi connectivity index (χ0) is 12.2. The van der Waals surface area contributed by atoms with Crippen molar-refractivity contribution in [3.05, 3.63) is 0 Å². The first-order valence-corrected chi connectivity index (χ1v) is 6.56. The number of methoxy groups -OCH3 is 1. The topological polar surface area (TPSA) is 30.5 Å². The molecule has 0 spiro atoms. The molecule has 0 aliphatic rings. The molecule has 0 aromatic heterocycles. The molecular weight excluding hydrogens is 202 g/mol. The average Bonchev–Trinajstić information content (AvgIpc) is 2.30. The second kappa shape index (κ2) is 11.4. The highest BCUT2D eigenvalue weighted by molar-refractivity contribution is 4.73. The number of nitrogens with one attached hydrogen (secondary N) is 1. The Kier molecular flexibility index (Phi) is 11.3. The summed E-state index contributed by atoms with van der Waals surface area (Å²) in [7, 11) is 1.76. The van der Waals surface area contributed by atoms with Crippen LogP contribution < -0.4 is 5.32 Å². The number of rotatable bonds is 11. The van der Waals surface area contributed by atoms with Gasteiger partial charge in [0.05, 0.1) is 6.61 Å². The molecule has 0 amide bonds. The van der Waals surface area contributed by atoms with Gasteiger partial charge in [-0.3, -0.25) is 0 Å². The van der Waals surface area contributed by atoms with Gasteiger partial charge in [-0.05, 0) is 31.7 Å². The van der Waals surface area contributed by atoms with Gasteiger partial charge in [-0.2, -0.15) is 0 Å². The fourth-order valence-corrected chi connectivity index (χ4v) is 1.61. The van der Waals surface area contributed by atoms with Gasteiger partial charge in [-0.25, -0.2) is 0 Å². The third-order valence-electron chi connectivity index (χ3n) is 2.77. The van der Waals surface area contributed by atoms with Gasteiger partial charge in [-0.15, -0.1) is 0 Å². The molecule has 98 valence electrons.